The topological polar surface area (TPSA) is 62.3 Å². The van der Waals surface area contributed by atoms with E-state index in [0.29, 0.717) is 6.42 Å². The van der Waals surface area contributed by atoms with Crippen LogP contribution in [-0.4, -0.2) is 40.3 Å². The molecule has 0 saturated carbocycles. The number of fused-ring (bicyclic) bond motifs is 3. The average molecular weight is 422 g/mol. The first-order valence-electron chi connectivity index (χ1n) is 9.95. The smallest absolute Gasteiger partial charge is 0.309 e. The number of esters is 1. The third kappa shape index (κ3) is 3.48. The molecule has 1 aliphatic rings. The van der Waals surface area contributed by atoms with Crippen molar-refractivity contribution < 1.29 is 14.6 Å². The predicted molar refractivity (Wildman–Crippen MR) is 120 cm³/mol. The molecule has 0 fully saturated rings. The summed E-state index contributed by atoms with van der Waals surface area (Å²) in [4.78, 5) is 16.2. The van der Waals surface area contributed by atoms with Crippen LogP contribution in [0.2, 0.25) is 0 Å². The molecule has 2 N–H and O–H groups in total. The summed E-state index contributed by atoms with van der Waals surface area (Å²) < 4.78 is 4.76. The van der Waals surface area contributed by atoms with E-state index in [2.05, 4.69) is 30.1 Å². The Morgan fingerprint density at radius 2 is 2.00 bits per heavy atom. The van der Waals surface area contributed by atoms with E-state index in [1.54, 1.807) is 23.5 Å². The molecule has 3 rings (SSSR count). The van der Waals surface area contributed by atoms with Crippen LogP contribution >= 0.6 is 23.5 Å². The quantitative estimate of drug-likeness (QED) is 0.462. The summed E-state index contributed by atoms with van der Waals surface area (Å²) in [5.74, 6) is -0.125. The van der Waals surface area contributed by atoms with Crippen molar-refractivity contribution in [1.29, 1.82) is 0 Å². The maximum absolute atomic E-state index is 12.6. The standard InChI is InChI=1S/C22H31NO3S2/c1-6-9-15-12-21(25,13-18(24)26-14(2)3)22(27-4,28-5)20-19(15)16-10-7-8-11-17(16)23-20/h7-8,10-11,14-15,23,25H,6,9,12-13H2,1-5H3. The number of ether oxygens (including phenoxy) is 1. The molecular formula is C22H31NO3S2. The third-order valence-electron chi connectivity index (χ3n) is 5.70. The van der Waals surface area contributed by atoms with E-state index in [9.17, 15) is 9.90 Å². The third-order valence-corrected chi connectivity index (χ3v) is 9.01. The van der Waals surface area contributed by atoms with Crippen molar-refractivity contribution in [3.63, 3.8) is 0 Å². The number of hydrogen-bond acceptors (Lipinski definition) is 5. The number of carbonyl (C=O) groups is 1. The largest absolute Gasteiger partial charge is 0.463 e. The van der Waals surface area contributed by atoms with Crippen LogP contribution in [0.5, 0.6) is 0 Å². The number of para-hydroxylation sites is 1. The number of carbonyl (C=O) groups excluding carboxylic acids is 1. The van der Waals surface area contributed by atoms with Gasteiger partial charge in [0.1, 0.15) is 9.68 Å². The second-order valence-electron chi connectivity index (χ2n) is 7.92. The summed E-state index contributed by atoms with van der Waals surface area (Å²) >= 11 is 3.23. The SMILES string of the molecule is CCCC1CC(O)(CC(=O)OC(C)C)C(SC)(SC)c2[nH]c3ccccc3c21. The minimum Gasteiger partial charge on any atom is -0.463 e. The minimum absolute atomic E-state index is 0.00186. The van der Waals surface area contributed by atoms with Crippen LogP contribution in [0.3, 0.4) is 0 Å². The minimum atomic E-state index is -1.19. The van der Waals surface area contributed by atoms with Gasteiger partial charge in [-0.3, -0.25) is 4.79 Å². The van der Waals surface area contributed by atoms with Crippen molar-refractivity contribution in [2.75, 3.05) is 12.5 Å². The van der Waals surface area contributed by atoms with Gasteiger partial charge in [-0.2, -0.15) is 0 Å². The lowest BCUT2D eigenvalue weighted by molar-refractivity contribution is -0.154. The molecule has 1 heterocycles. The van der Waals surface area contributed by atoms with Crippen molar-refractivity contribution in [3.8, 4) is 0 Å². The van der Waals surface area contributed by atoms with Crippen molar-refractivity contribution in [3.05, 3.63) is 35.5 Å². The fourth-order valence-corrected chi connectivity index (χ4v) is 7.19. The first-order chi connectivity index (χ1) is 13.3. The molecule has 2 atom stereocenters. The van der Waals surface area contributed by atoms with Gasteiger partial charge in [0.2, 0.25) is 0 Å². The van der Waals surface area contributed by atoms with Crippen LogP contribution in [0, 0.1) is 0 Å². The monoisotopic (exact) mass is 421 g/mol. The van der Waals surface area contributed by atoms with Crippen LogP contribution < -0.4 is 0 Å². The van der Waals surface area contributed by atoms with Crippen molar-refractivity contribution >= 4 is 40.4 Å². The first-order valence-corrected chi connectivity index (χ1v) is 12.4. The normalized spacial score (nSPS) is 23.8. The molecule has 4 nitrogen and oxygen atoms in total. The summed E-state index contributed by atoms with van der Waals surface area (Å²) in [7, 11) is 0. The van der Waals surface area contributed by atoms with E-state index < -0.39 is 9.68 Å². The molecule has 28 heavy (non-hydrogen) atoms. The Morgan fingerprint density at radius 3 is 2.61 bits per heavy atom. The molecule has 0 radical (unpaired) electrons. The van der Waals surface area contributed by atoms with Gasteiger partial charge < -0.3 is 14.8 Å². The van der Waals surface area contributed by atoms with Gasteiger partial charge in [-0.1, -0.05) is 31.5 Å². The Balaban J connectivity index is 2.18. The van der Waals surface area contributed by atoms with E-state index in [4.69, 9.17) is 4.74 Å². The summed E-state index contributed by atoms with van der Waals surface area (Å²) in [6.07, 6.45) is 6.42. The van der Waals surface area contributed by atoms with E-state index in [0.717, 1.165) is 24.1 Å². The summed E-state index contributed by atoms with van der Waals surface area (Å²) in [5, 5.41) is 13.2. The maximum atomic E-state index is 12.6. The van der Waals surface area contributed by atoms with Gasteiger partial charge >= 0.3 is 5.97 Å². The molecule has 0 spiro atoms. The maximum Gasteiger partial charge on any atom is 0.309 e. The van der Waals surface area contributed by atoms with Gasteiger partial charge in [-0.05, 0) is 56.7 Å². The number of rotatable bonds is 7. The molecule has 2 unspecified atom stereocenters. The lowest BCUT2D eigenvalue weighted by Crippen LogP contribution is -2.53. The Hall–Kier alpha value is -1.11. The van der Waals surface area contributed by atoms with E-state index >= 15 is 0 Å². The lowest BCUT2D eigenvalue weighted by Gasteiger charge is -2.50. The number of aliphatic hydroxyl groups is 1. The van der Waals surface area contributed by atoms with Gasteiger partial charge in [0.25, 0.3) is 0 Å². The molecule has 0 saturated heterocycles. The van der Waals surface area contributed by atoms with Gasteiger partial charge in [0.15, 0.2) is 0 Å². The molecule has 1 aliphatic carbocycles. The summed E-state index contributed by atoms with van der Waals surface area (Å²) in [6.45, 7) is 5.86. The van der Waals surface area contributed by atoms with E-state index in [-0.39, 0.29) is 24.4 Å². The molecule has 2 aromatic rings. The fraction of sp³-hybridized carbons (Fsp3) is 0.591. The first kappa shape index (κ1) is 21.6. The molecule has 0 amide bonds. The molecular weight excluding hydrogens is 390 g/mol. The fourth-order valence-electron chi connectivity index (χ4n) is 4.72. The zero-order chi connectivity index (χ0) is 20.5. The highest BCUT2D eigenvalue weighted by Gasteiger charge is 2.58. The Morgan fingerprint density at radius 1 is 1.32 bits per heavy atom. The zero-order valence-corrected chi connectivity index (χ0v) is 19.0. The highest BCUT2D eigenvalue weighted by atomic mass is 32.2. The van der Waals surface area contributed by atoms with E-state index in [1.165, 1.54) is 10.9 Å². The predicted octanol–water partition coefficient (Wildman–Crippen LogP) is 5.41. The number of aromatic amines is 1. The van der Waals surface area contributed by atoms with Crippen molar-refractivity contribution in [1.82, 2.24) is 4.98 Å². The molecule has 154 valence electrons. The Kier molecular flexibility index (Phi) is 6.42. The number of H-pyrrole nitrogens is 1. The number of thioether (sulfide) groups is 2. The summed E-state index contributed by atoms with van der Waals surface area (Å²) in [5.41, 5.74) is 2.27. The number of aromatic nitrogens is 1. The molecule has 1 aromatic heterocycles. The Labute approximate surface area is 176 Å². The van der Waals surface area contributed by atoms with Gasteiger partial charge in [-0.15, -0.1) is 23.5 Å². The van der Waals surface area contributed by atoms with Gasteiger partial charge in [-0.25, -0.2) is 0 Å². The van der Waals surface area contributed by atoms with Crippen molar-refractivity contribution in [2.24, 2.45) is 0 Å². The van der Waals surface area contributed by atoms with Crippen LogP contribution in [-0.2, 0) is 13.6 Å². The molecule has 0 bridgehead atoms. The van der Waals surface area contributed by atoms with Gasteiger partial charge in [0.05, 0.1) is 12.5 Å². The molecule has 0 aliphatic heterocycles. The molecule has 6 heteroatoms. The van der Waals surface area contributed by atoms with Gasteiger partial charge in [0, 0.05) is 16.6 Å². The van der Waals surface area contributed by atoms with Crippen molar-refractivity contribution in [2.45, 2.75) is 68.2 Å². The highest BCUT2D eigenvalue weighted by molar-refractivity contribution is 8.17. The lowest BCUT2D eigenvalue weighted by atomic mass is 9.72. The number of benzene rings is 1. The zero-order valence-electron chi connectivity index (χ0n) is 17.4. The van der Waals surface area contributed by atoms with E-state index in [1.807, 2.05) is 32.4 Å². The van der Waals surface area contributed by atoms with Crippen LogP contribution in [0.25, 0.3) is 10.9 Å². The van der Waals surface area contributed by atoms with Crippen LogP contribution in [0.15, 0.2) is 24.3 Å². The highest BCUT2D eigenvalue weighted by Crippen LogP contribution is 2.62. The van der Waals surface area contributed by atoms with Crippen LogP contribution in [0.4, 0.5) is 0 Å². The average Bonchev–Trinajstić information content (AvgIpc) is 3.01. The Bertz CT molecular complexity index is 843. The second kappa shape index (κ2) is 8.33. The number of hydrogen-bond donors (Lipinski definition) is 2. The van der Waals surface area contributed by atoms with Crippen LogP contribution in [0.1, 0.15) is 63.6 Å². The second-order valence-corrected chi connectivity index (χ2v) is 10.2. The number of nitrogens with one attached hydrogen (secondary N) is 1. The molecule has 1 aromatic carbocycles. The summed E-state index contributed by atoms with van der Waals surface area (Å²) in [6, 6.07) is 8.36.